The SMILES string of the molecule is CC[NH+](CC(=O)NC(C)C)CC(=O)N[C@H](C)c1ccc(Cl)cc1. The van der Waals surface area contributed by atoms with E-state index in [1.54, 1.807) is 12.1 Å². The van der Waals surface area contributed by atoms with Crippen molar-refractivity contribution in [2.45, 2.75) is 39.8 Å². The van der Waals surface area contributed by atoms with Crippen molar-refractivity contribution in [3.8, 4) is 0 Å². The van der Waals surface area contributed by atoms with Crippen LogP contribution in [-0.2, 0) is 9.59 Å². The van der Waals surface area contributed by atoms with Gasteiger partial charge < -0.3 is 15.5 Å². The second-order valence-electron chi connectivity index (χ2n) is 6.02. The van der Waals surface area contributed by atoms with Crippen LogP contribution in [0.3, 0.4) is 0 Å². The van der Waals surface area contributed by atoms with Crippen LogP contribution in [0.4, 0.5) is 0 Å². The highest BCUT2D eigenvalue weighted by atomic mass is 35.5. The Morgan fingerprint density at radius 3 is 2.04 bits per heavy atom. The first-order valence-corrected chi connectivity index (χ1v) is 8.37. The van der Waals surface area contributed by atoms with E-state index in [4.69, 9.17) is 11.6 Å². The summed E-state index contributed by atoms with van der Waals surface area (Å²) in [5.41, 5.74) is 0.998. The molecule has 0 fully saturated rings. The Hall–Kier alpha value is -1.59. The number of quaternary nitrogens is 1. The number of carbonyl (C=O) groups is 2. The Morgan fingerprint density at radius 1 is 1.04 bits per heavy atom. The molecule has 1 unspecified atom stereocenters. The molecule has 0 aliphatic carbocycles. The van der Waals surface area contributed by atoms with E-state index in [1.165, 1.54) is 0 Å². The molecular weight excluding hydrogens is 314 g/mol. The number of halogens is 1. The van der Waals surface area contributed by atoms with E-state index in [1.807, 2.05) is 39.8 Å². The minimum Gasteiger partial charge on any atom is -0.349 e. The van der Waals surface area contributed by atoms with Gasteiger partial charge in [-0.15, -0.1) is 0 Å². The van der Waals surface area contributed by atoms with Crippen molar-refractivity contribution < 1.29 is 14.5 Å². The van der Waals surface area contributed by atoms with Crippen molar-refractivity contribution in [3.05, 3.63) is 34.9 Å². The molecule has 128 valence electrons. The van der Waals surface area contributed by atoms with Gasteiger partial charge in [0.1, 0.15) is 0 Å². The summed E-state index contributed by atoms with van der Waals surface area (Å²) in [4.78, 5) is 24.9. The Balaban J connectivity index is 2.49. The van der Waals surface area contributed by atoms with Crippen molar-refractivity contribution in [3.63, 3.8) is 0 Å². The molecule has 6 heteroatoms. The molecule has 2 atom stereocenters. The third kappa shape index (κ3) is 7.48. The van der Waals surface area contributed by atoms with Gasteiger partial charge in [0.05, 0.1) is 12.6 Å². The first-order chi connectivity index (χ1) is 10.8. The third-order valence-electron chi connectivity index (χ3n) is 3.52. The van der Waals surface area contributed by atoms with Crippen molar-refractivity contribution in [2.24, 2.45) is 0 Å². The third-order valence-corrected chi connectivity index (χ3v) is 3.77. The number of likely N-dealkylation sites (N-methyl/N-ethyl adjacent to an activating group) is 1. The topological polar surface area (TPSA) is 62.6 Å². The standard InChI is InChI=1S/C17H26ClN3O2/c1-5-21(10-16(22)19-12(2)3)11-17(23)20-13(4)14-6-8-15(18)9-7-14/h6-9,12-13H,5,10-11H2,1-4H3,(H,19,22)(H,20,23)/p+1/t13-/m1/s1. The Bertz CT molecular complexity index is 517. The molecule has 3 N–H and O–H groups in total. The predicted molar refractivity (Wildman–Crippen MR) is 92.5 cm³/mol. The van der Waals surface area contributed by atoms with Gasteiger partial charge in [-0.2, -0.15) is 0 Å². The van der Waals surface area contributed by atoms with Crippen LogP contribution in [-0.4, -0.2) is 37.5 Å². The maximum Gasteiger partial charge on any atom is 0.275 e. The monoisotopic (exact) mass is 340 g/mol. The van der Waals surface area contributed by atoms with Gasteiger partial charge in [0.25, 0.3) is 11.8 Å². The lowest BCUT2D eigenvalue weighted by Gasteiger charge is -2.20. The molecule has 0 saturated heterocycles. The van der Waals surface area contributed by atoms with Crippen molar-refractivity contribution in [1.82, 2.24) is 10.6 Å². The summed E-state index contributed by atoms with van der Waals surface area (Å²) < 4.78 is 0. The van der Waals surface area contributed by atoms with Crippen LogP contribution in [0, 0.1) is 0 Å². The first kappa shape index (κ1) is 19.5. The molecule has 2 amide bonds. The van der Waals surface area contributed by atoms with E-state index < -0.39 is 0 Å². The second kappa shape index (κ2) is 9.53. The molecule has 0 bridgehead atoms. The predicted octanol–water partition coefficient (Wildman–Crippen LogP) is 0.947. The van der Waals surface area contributed by atoms with Gasteiger partial charge in [0.15, 0.2) is 13.1 Å². The number of hydrogen-bond acceptors (Lipinski definition) is 2. The van der Waals surface area contributed by atoms with Crippen LogP contribution < -0.4 is 15.5 Å². The van der Waals surface area contributed by atoms with E-state index >= 15 is 0 Å². The molecule has 0 radical (unpaired) electrons. The van der Waals surface area contributed by atoms with Crippen LogP contribution in [0.25, 0.3) is 0 Å². The molecule has 0 aliphatic heterocycles. The van der Waals surface area contributed by atoms with Crippen LogP contribution in [0.5, 0.6) is 0 Å². The second-order valence-corrected chi connectivity index (χ2v) is 6.46. The van der Waals surface area contributed by atoms with E-state index in [9.17, 15) is 9.59 Å². The zero-order valence-electron chi connectivity index (χ0n) is 14.3. The van der Waals surface area contributed by atoms with Crippen molar-refractivity contribution >= 4 is 23.4 Å². The Kier molecular flexibility index (Phi) is 8.06. The lowest BCUT2D eigenvalue weighted by atomic mass is 10.1. The molecule has 1 rings (SSSR count). The number of hydrogen-bond donors (Lipinski definition) is 3. The number of amides is 2. The van der Waals surface area contributed by atoms with Crippen LogP contribution in [0.15, 0.2) is 24.3 Å². The van der Waals surface area contributed by atoms with Crippen LogP contribution in [0.1, 0.15) is 39.3 Å². The summed E-state index contributed by atoms with van der Waals surface area (Å²) in [6, 6.07) is 7.42. The molecule has 0 aromatic heterocycles. The molecule has 1 aromatic carbocycles. The molecular formula is C17H27ClN3O2+. The summed E-state index contributed by atoms with van der Waals surface area (Å²) in [5, 5.41) is 6.48. The van der Waals surface area contributed by atoms with Gasteiger partial charge in [-0.3, -0.25) is 9.59 Å². The molecule has 5 nitrogen and oxygen atoms in total. The number of nitrogens with one attached hydrogen (secondary N) is 3. The van der Waals surface area contributed by atoms with Gasteiger partial charge in [0.2, 0.25) is 0 Å². The summed E-state index contributed by atoms with van der Waals surface area (Å²) in [6.07, 6.45) is 0. The summed E-state index contributed by atoms with van der Waals surface area (Å²) in [5.74, 6) is -0.1000. The molecule has 0 heterocycles. The van der Waals surface area contributed by atoms with E-state index in [2.05, 4.69) is 10.6 Å². The quantitative estimate of drug-likeness (QED) is 0.659. The zero-order valence-corrected chi connectivity index (χ0v) is 15.0. The van der Waals surface area contributed by atoms with Crippen LogP contribution in [0.2, 0.25) is 5.02 Å². The number of rotatable bonds is 8. The molecule has 23 heavy (non-hydrogen) atoms. The zero-order chi connectivity index (χ0) is 17.4. The first-order valence-electron chi connectivity index (χ1n) is 7.99. The average molecular weight is 341 g/mol. The van der Waals surface area contributed by atoms with Crippen molar-refractivity contribution in [2.75, 3.05) is 19.6 Å². The minimum absolute atomic E-state index is 0.0320. The van der Waals surface area contributed by atoms with Gasteiger partial charge >= 0.3 is 0 Å². The van der Waals surface area contributed by atoms with E-state index in [-0.39, 0.29) is 30.4 Å². The van der Waals surface area contributed by atoms with Crippen molar-refractivity contribution in [1.29, 1.82) is 0 Å². The fourth-order valence-corrected chi connectivity index (χ4v) is 2.39. The maximum absolute atomic E-state index is 12.2. The Labute approximate surface area is 143 Å². The van der Waals surface area contributed by atoms with E-state index in [0.717, 1.165) is 10.5 Å². The van der Waals surface area contributed by atoms with Crippen LogP contribution >= 0.6 is 11.6 Å². The molecule has 0 saturated carbocycles. The van der Waals surface area contributed by atoms with Gasteiger partial charge in [0, 0.05) is 11.1 Å². The normalized spacial score (nSPS) is 13.5. The number of carbonyl (C=O) groups excluding carboxylic acids is 2. The maximum atomic E-state index is 12.2. The fraction of sp³-hybridized carbons (Fsp3) is 0.529. The summed E-state index contributed by atoms with van der Waals surface area (Å²) in [7, 11) is 0. The lowest BCUT2D eigenvalue weighted by Crippen LogP contribution is -3.14. The average Bonchev–Trinajstić information content (AvgIpc) is 2.46. The lowest BCUT2D eigenvalue weighted by molar-refractivity contribution is -0.881. The highest BCUT2D eigenvalue weighted by Crippen LogP contribution is 2.15. The molecule has 0 spiro atoms. The molecule has 0 aliphatic rings. The van der Waals surface area contributed by atoms with Gasteiger partial charge in [-0.25, -0.2) is 0 Å². The van der Waals surface area contributed by atoms with Gasteiger partial charge in [-0.05, 0) is 45.4 Å². The smallest absolute Gasteiger partial charge is 0.275 e. The summed E-state index contributed by atoms with van der Waals surface area (Å²) >= 11 is 5.87. The van der Waals surface area contributed by atoms with Gasteiger partial charge in [-0.1, -0.05) is 23.7 Å². The fourth-order valence-electron chi connectivity index (χ4n) is 2.27. The van der Waals surface area contributed by atoms with E-state index in [0.29, 0.717) is 18.1 Å². The largest absolute Gasteiger partial charge is 0.349 e. The minimum atomic E-state index is -0.0950. The highest BCUT2D eigenvalue weighted by molar-refractivity contribution is 6.30. The highest BCUT2D eigenvalue weighted by Gasteiger charge is 2.18. The summed E-state index contributed by atoms with van der Waals surface area (Å²) in [6.45, 7) is 9.03. The Morgan fingerprint density at radius 2 is 1.57 bits per heavy atom. The number of benzene rings is 1. The molecule has 1 aromatic rings.